The van der Waals surface area contributed by atoms with E-state index in [0.717, 1.165) is 0 Å². The zero-order valence-corrected chi connectivity index (χ0v) is 10.5. The van der Waals surface area contributed by atoms with Crippen LogP contribution in [0.1, 0.15) is 12.5 Å². The predicted octanol–water partition coefficient (Wildman–Crippen LogP) is 2.21. The Kier molecular flexibility index (Phi) is 3.49. The molecule has 0 aliphatic carbocycles. The standard InChI is InChI=1S/C13H12F3NO3/c1-2-6-3-7(17)4-8-9(14)5-10(15)12(11(6)8)20-13(16,18)19/h3-5,18-19H,2,17H2,1H3. The summed E-state index contributed by atoms with van der Waals surface area (Å²) < 4.78 is 44.5. The number of fused-ring (bicyclic) bond motifs is 1. The Balaban J connectivity index is 2.85. The molecule has 7 heteroatoms. The smallest absolute Gasteiger partial charge is 0.409 e. The molecule has 0 radical (unpaired) electrons. The Hall–Kier alpha value is -1.99. The molecule has 0 bridgehead atoms. The second-order valence-electron chi connectivity index (χ2n) is 4.26. The van der Waals surface area contributed by atoms with Crippen molar-refractivity contribution in [3.05, 3.63) is 35.4 Å². The van der Waals surface area contributed by atoms with Crippen molar-refractivity contribution in [2.24, 2.45) is 0 Å². The van der Waals surface area contributed by atoms with Gasteiger partial charge in [-0.3, -0.25) is 0 Å². The van der Waals surface area contributed by atoms with E-state index in [4.69, 9.17) is 15.9 Å². The number of hydrogen-bond acceptors (Lipinski definition) is 4. The fourth-order valence-corrected chi connectivity index (χ4v) is 2.07. The highest BCUT2D eigenvalue weighted by Gasteiger charge is 2.29. The van der Waals surface area contributed by atoms with Crippen LogP contribution in [0.15, 0.2) is 18.2 Å². The quantitative estimate of drug-likeness (QED) is 0.597. The third-order valence-corrected chi connectivity index (χ3v) is 2.81. The third kappa shape index (κ3) is 2.63. The van der Waals surface area contributed by atoms with Gasteiger partial charge in [0.25, 0.3) is 0 Å². The number of rotatable bonds is 3. The van der Waals surface area contributed by atoms with E-state index < -0.39 is 23.6 Å². The summed E-state index contributed by atoms with van der Waals surface area (Å²) in [5, 5.41) is 17.1. The Morgan fingerprint density at radius 3 is 2.40 bits per heavy atom. The number of nitrogen functional groups attached to an aromatic ring is 1. The Labute approximate surface area is 112 Å². The lowest BCUT2D eigenvalue weighted by atomic mass is 10.00. The second-order valence-corrected chi connectivity index (χ2v) is 4.26. The molecule has 0 aromatic heterocycles. The van der Waals surface area contributed by atoms with Crippen LogP contribution >= 0.6 is 0 Å². The molecule has 4 N–H and O–H groups in total. The van der Waals surface area contributed by atoms with Crippen molar-refractivity contribution in [3.63, 3.8) is 0 Å². The van der Waals surface area contributed by atoms with Gasteiger partial charge in [0.2, 0.25) is 0 Å². The van der Waals surface area contributed by atoms with Crippen molar-refractivity contribution >= 4 is 16.5 Å². The molecule has 2 aromatic carbocycles. The van der Waals surface area contributed by atoms with Gasteiger partial charge < -0.3 is 20.7 Å². The van der Waals surface area contributed by atoms with Crippen LogP contribution in [0, 0.1) is 11.6 Å². The molecule has 0 heterocycles. The van der Waals surface area contributed by atoms with Crippen molar-refractivity contribution in [1.29, 1.82) is 0 Å². The molecule has 0 amide bonds. The fraction of sp³-hybridized carbons (Fsp3) is 0.231. The monoisotopic (exact) mass is 287 g/mol. The lowest BCUT2D eigenvalue weighted by Crippen LogP contribution is -2.29. The summed E-state index contributed by atoms with van der Waals surface area (Å²) in [7, 11) is 0. The molecule has 4 nitrogen and oxygen atoms in total. The molecule has 0 fully saturated rings. The number of aliphatic hydroxyl groups is 2. The normalized spacial score (nSPS) is 11.9. The van der Waals surface area contributed by atoms with Crippen LogP contribution in [0.4, 0.5) is 18.9 Å². The first kappa shape index (κ1) is 14.4. The molecule has 2 rings (SSSR count). The highest BCUT2D eigenvalue weighted by Crippen LogP contribution is 2.37. The van der Waals surface area contributed by atoms with Gasteiger partial charge in [-0.15, -0.1) is 4.39 Å². The van der Waals surface area contributed by atoms with E-state index in [1.165, 1.54) is 12.1 Å². The Morgan fingerprint density at radius 2 is 1.85 bits per heavy atom. The van der Waals surface area contributed by atoms with Crippen LogP contribution < -0.4 is 10.5 Å². The van der Waals surface area contributed by atoms with Crippen LogP contribution in [0.3, 0.4) is 0 Å². The van der Waals surface area contributed by atoms with Gasteiger partial charge >= 0.3 is 6.23 Å². The number of nitrogens with two attached hydrogens (primary N) is 1. The number of aryl methyl sites for hydroxylation is 1. The summed E-state index contributed by atoms with van der Waals surface area (Å²) in [6.07, 6.45) is -3.74. The van der Waals surface area contributed by atoms with E-state index in [2.05, 4.69) is 4.74 Å². The summed E-state index contributed by atoms with van der Waals surface area (Å²) in [6, 6.07) is 3.13. The minimum atomic E-state index is -4.07. The van der Waals surface area contributed by atoms with Gasteiger partial charge in [0.15, 0.2) is 11.6 Å². The van der Waals surface area contributed by atoms with Crippen molar-refractivity contribution in [2.75, 3.05) is 5.73 Å². The highest BCUT2D eigenvalue weighted by atomic mass is 19.2. The lowest BCUT2D eigenvalue weighted by molar-refractivity contribution is -0.375. The molecule has 0 saturated carbocycles. The first-order chi connectivity index (χ1) is 9.23. The van der Waals surface area contributed by atoms with E-state index in [1.54, 1.807) is 6.92 Å². The fourth-order valence-electron chi connectivity index (χ4n) is 2.07. The largest absolute Gasteiger partial charge is 0.492 e. The molecule has 0 atom stereocenters. The zero-order valence-electron chi connectivity index (χ0n) is 10.5. The van der Waals surface area contributed by atoms with Crippen molar-refractivity contribution in [3.8, 4) is 5.75 Å². The number of halogens is 3. The maximum absolute atomic E-state index is 13.8. The maximum Gasteiger partial charge on any atom is 0.492 e. The minimum Gasteiger partial charge on any atom is -0.409 e. The number of ether oxygens (including phenoxy) is 1. The van der Waals surface area contributed by atoms with Crippen molar-refractivity contribution in [1.82, 2.24) is 0 Å². The van der Waals surface area contributed by atoms with Gasteiger partial charge in [-0.2, -0.15) is 0 Å². The van der Waals surface area contributed by atoms with E-state index in [0.29, 0.717) is 18.1 Å². The highest BCUT2D eigenvalue weighted by molar-refractivity contribution is 5.94. The van der Waals surface area contributed by atoms with E-state index >= 15 is 0 Å². The number of hydrogen-bond donors (Lipinski definition) is 3. The molecule has 0 unspecified atom stereocenters. The molecule has 20 heavy (non-hydrogen) atoms. The third-order valence-electron chi connectivity index (χ3n) is 2.81. The average Bonchev–Trinajstić information content (AvgIpc) is 2.32. The van der Waals surface area contributed by atoms with Gasteiger partial charge in [-0.05, 0) is 24.1 Å². The van der Waals surface area contributed by atoms with Gasteiger partial charge in [0.1, 0.15) is 5.82 Å². The summed E-state index contributed by atoms with van der Waals surface area (Å²) in [5.41, 5.74) is 6.24. The molecule has 0 saturated heterocycles. The van der Waals surface area contributed by atoms with E-state index in [-0.39, 0.29) is 16.5 Å². The molecular weight excluding hydrogens is 275 g/mol. The molecule has 0 spiro atoms. The molecule has 2 aromatic rings. The average molecular weight is 287 g/mol. The van der Waals surface area contributed by atoms with Crippen LogP contribution in [-0.4, -0.2) is 16.4 Å². The first-order valence-electron chi connectivity index (χ1n) is 5.75. The van der Waals surface area contributed by atoms with Crippen molar-refractivity contribution in [2.45, 2.75) is 19.6 Å². The molecule has 0 aliphatic heterocycles. The molecule has 108 valence electrons. The van der Waals surface area contributed by atoms with E-state index in [1.807, 2.05) is 0 Å². The summed E-state index contributed by atoms with van der Waals surface area (Å²) in [5.74, 6) is -2.95. The minimum absolute atomic E-state index is 0.0932. The van der Waals surface area contributed by atoms with Gasteiger partial charge in [-0.1, -0.05) is 6.92 Å². The maximum atomic E-state index is 13.8. The van der Waals surface area contributed by atoms with Gasteiger partial charge in [0.05, 0.1) is 0 Å². The number of alkyl halides is 1. The summed E-state index contributed by atoms with van der Waals surface area (Å²) >= 11 is 0. The van der Waals surface area contributed by atoms with Crippen LogP contribution in [0.25, 0.3) is 10.8 Å². The molecular formula is C13H12F3NO3. The van der Waals surface area contributed by atoms with Crippen molar-refractivity contribution < 1.29 is 28.1 Å². The zero-order chi connectivity index (χ0) is 15.1. The van der Waals surface area contributed by atoms with Gasteiger partial charge in [-0.25, -0.2) is 8.78 Å². The van der Waals surface area contributed by atoms with E-state index in [9.17, 15) is 13.2 Å². The summed E-state index contributed by atoms with van der Waals surface area (Å²) in [4.78, 5) is 0. The first-order valence-corrected chi connectivity index (χ1v) is 5.75. The second kappa shape index (κ2) is 4.84. The molecule has 0 aliphatic rings. The van der Waals surface area contributed by atoms with Crippen LogP contribution in [-0.2, 0) is 6.42 Å². The van der Waals surface area contributed by atoms with Gasteiger partial charge in [0, 0.05) is 22.5 Å². The number of anilines is 1. The Morgan fingerprint density at radius 1 is 1.20 bits per heavy atom. The van der Waals surface area contributed by atoms with Crippen LogP contribution in [0.5, 0.6) is 5.75 Å². The topological polar surface area (TPSA) is 75.7 Å². The number of benzene rings is 2. The SMILES string of the molecule is CCc1cc(N)cc2c(F)cc(F)c(OC(O)(O)F)c12. The summed E-state index contributed by atoms with van der Waals surface area (Å²) in [6.45, 7) is 1.70. The predicted molar refractivity (Wildman–Crippen MR) is 66.6 cm³/mol. The van der Waals surface area contributed by atoms with Crippen LogP contribution in [0.2, 0.25) is 0 Å². The Bertz CT molecular complexity index is 668. The lowest BCUT2D eigenvalue weighted by Gasteiger charge is -2.18.